The van der Waals surface area contributed by atoms with Gasteiger partial charge in [0.05, 0.1) is 11.5 Å². The molecule has 1 saturated heterocycles. The third-order valence-electron chi connectivity index (χ3n) is 7.09. The number of carbonyl (C=O) groups excluding carboxylic acids is 1. The number of aromatic nitrogens is 2. The van der Waals surface area contributed by atoms with Crippen LogP contribution in [0.3, 0.4) is 0 Å². The SMILES string of the molecule is CCCCc1ccc(-c2noc(CCCOc3ccc(S(=O)(=O)C4(C(=O)NO)CCOCC4)cc3)n2)c(C)c1. The van der Waals surface area contributed by atoms with Crippen molar-refractivity contribution in [3.63, 3.8) is 0 Å². The van der Waals surface area contributed by atoms with E-state index in [-0.39, 0.29) is 31.0 Å². The van der Waals surface area contributed by atoms with E-state index in [1.807, 2.05) is 6.07 Å². The maximum absolute atomic E-state index is 13.3. The van der Waals surface area contributed by atoms with Crippen LogP contribution in [-0.4, -0.2) is 54.2 Å². The largest absolute Gasteiger partial charge is 0.494 e. The number of sulfone groups is 1. The second-order valence-corrected chi connectivity index (χ2v) is 12.0. The second kappa shape index (κ2) is 12.7. The van der Waals surface area contributed by atoms with Gasteiger partial charge in [0.1, 0.15) is 5.75 Å². The quantitative estimate of drug-likeness (QED) is 0.190. The first-order valence-electron chi connectivity index (χ1n) is 13.2. The summed E-state index contributed by atoms with van der Waals surface area (Å²) in [6, 6.07) is 12.3. The van der Waals surface area contributed by atoms with Crippen LogP contribution in [0.2, 0.25) is 0 Å². The van der Waals surface area contributed by atoms with Crippen LogP contribution < -0.4 is 10.2 Å². The number of rotatable bonds is 12. The normalized spacial score (nSPS) is 15.2. The van der Waals surface area contributed by atoms with E-state index in [1.165, 1.54) is 23.2 Å². The molecule has 4 rings (SSSR count). The van der Waals surface area contributed by atoms with Gasteiger partial charge in [0.2, 0.25) is 11.7 Å². The predicted molar refractivity (Wildman–Crippen MR) is 143 cm³/mol. The third kappa shape index (κ3) is 6.32. The Hall–Kier alpha value is -3.28. The molecule has 1 aliphatic rings. The smallest absolute Gasteiger partial charge is 0.265 e. The first-order chi connectivity index (χ1) is 18.8. The van der Waals surface area contributed by atoms with Gasteiger partial charge in [0.15, 0.2) is 14.6 Å². The molecule has 1 amide bonds. The Balaban J connectivity index is 1.32. The highest BCUT2D eigenvalue weighted by Crippen LogP contribution is 2.35. The van der Waals surface area contributed by atoms with Crippen molar-refractivity contribution in [2.75, 3.05) is 19.8 Å². The molecule has 0 unspecified atom stereocenters. The highest BCUT2D eigenvalue weighted by molar-refractivity contribution is 7.93. The summed E-state index contributed by atoms with van der Waals surface area (Å²) < 4.78 is 41.3. The molecule has 0 spiro atoms. The fraction of sp³-hybridized carbons (Fsp3) is 0.464. The minimum Gasteiger partial charge on any atom is -0.494 e. The minimum absolute atomic E-state index is 0.0209. The Morgan fingerprint density at radius 2 is 1.85 bits per heavy atom. The van der Waals surface area contributed by atoms with Crippen LogP contribution in [0.15, 0.2) is 51.9 Å². The molecular formula is C28H35N3O7S. The Kier molecular flexibility index (Phi) is 9.36. The number of ether oxygens (including phenoxy) is 2. The molecular weight excluding hydrogens is 522 g/mol. The van der Waals surface area contributed by atoms with E-state index in [1.54, 1.807) is 12.1 Å². The molecule has 0 saturated carbocycles. The van der Waals surface area contributed by atoms with Gasteiger partial charge in [-0.1, -0.05) is 36.7 Å². The molecule has 1 aliphatic heterocycles. The number of unbranched alkanes of at least 4 members (excludes halogenated alkanes) is 1. The van der Waals surface area contributed by atoms with Gasteiger partial charge in [-0.15, -0.1) is 0 Å². The average molecular weight is 558 g/mol. The van der Waals surface area contributed by atoms with Crippen LogP contribution in [-0.2, 0) is 32.2 Å². The lowest BCUT2D eigenvalue weighted by molar-refractivity contribution is -0.134. The first-order valence-corrected chi connectivity index (χ1v) is 14.7. The Morgan fingerprint density at radius 1 is 1.10 bits per heavy atom. The molecule has 3 aromatic rings. The minimum atomic E-state index is -4.08. The lowest BCUT2D eigenvalue weighted by Gasteiger charge is -2.34. The lowest BCUT2D eigenvalue weighted by Crippen LogP contribution is -2.54. The molecule has 0 bridgehead atoms. The third-order valence-corrected chi connectivity index (χ3v) is 9.60. The molecule has 2 heterocycles. The van der Waals surface area contributed by atoms with Crippen molar-refractivity contribution in [3.05, 3.63) is 59.5 Å². The molecule has 11 heteroatoms. The highest BCUT2D eigenvalue weighted by Gasteiger charge is 2.52. The van der Waals surface area contributed by atoms with Crippen LogP contribution >= 0.6 is 0 Å². The topological polar surface area (TPSA) is 141 Å². The number of amides is 1. The van der Waals surface area contributed by atoms with Crippen molar-refractivity contribution in [2.45, 2.75) is 68.4 Å². The van der Waals surface area contributed by atoms with E-state index in [0.717, 1.165) is 30.4 Å². The second-order valence-electron chi connectivity index (χ2n) is 9.74. The summed E-state index contributed by atoms with van der Waals surface area (Å²) in [4.78, 5) is 16.9. The fourth-order valence-corrected chi connectivity index (χ4v) is 6.69. The Labute approximate surface area is 228 Å². The van der Waals surface area contributed by atoms with Crippen LogP contribution in [0.4, 0.5) is 0 Å². The summed E-state index contributed by atoms with van der Waals surface area (Å²) in [6.07, 6.45) is 4.46. The van der Waals surface area contributed by atoms with E-state index >= 15 is 0 Å². The van der Waals surface area contributed by atoms with E-state index in [2.05, 4.69) is 36.1 Å². The summed E-state index contributed by atoms with van der Waals surface area (Å²) in [5, 5.41) is 13.3. The van der Waals surface area contributed by atoms with E-state index < -0.39 is 20.5 Å². The lowest BCUT2D eigenvalue weighted by atomic mass is 9.98. The molecule has 1 fully saturated rings. The van der Waals surface area contributed by atoms with Gasteiger partial charge in [-0.3, -0.25) is 10.0 Å². The zero-order chi connectivity index (χ0) is 27.9. The number of nitrogens with zero attached hydrogens (tertiary/aromatic N) is 2. The number of hydrogen-bond donors (Lipinski definition) is 2. The summed E-state index contributed by atoms with van der Waals surface area (Å²) in [6.45, 7) is 4.82. The van der Waals surface area contributed by atoms with Gasteiger partial charge in [0.25, 0.3) is 5.91 Å². The maximum atomic E-state index is 13.3. The predicted octanol–water partition coefficient (Wildman–Crippen LogP) is 4.23. The van der Waals surface area contributed by atoms with Crippen LogP contribution in [0, 0.1) is 6.92 Å². The van der Waals surface area contributed by atoms with Crippen molar-refractivity contribution in [1.29, 1.82) is 0 Å². The highest BCUT2D eigenvalue weighted by atomic mass is 32.2. The zero-order valence-corrected chi connectivity index (χ0v) is 23.1. The van der Waals surface area contributed by atoms with Gasteiger partial charge in [0, 0.05) is 25.2 Å². The van der Waals surface area contributed by atoms with Crippen molar-refractivity contribution < 1.29 is 32.4 Å². The number of hydrogen-bond acceptors (Lipinski definition) is 9. The van der Waals surface area contributed by atoms with Gasteiger partial charge >= 0.3 is 0 Å². The molecule has 0 radical (unpaired) electrons. The van der Waals surface area contributed by atoms with E-state index in [4.69, 9.17) is 14.0 Å². The van der Waals surface area contributed by atoms with Crippen LogP contribution in [0.5, 0.6) is 5.75 Å². The van der Waals surface area contributed by atoms with Gasteiger partial charge in [-0.25, -0.2) is 13.9 Å². The zero-order valence-electron chi connectivity index (χ0n) is 22.3. The molecule has 2 aromatic carbocycles. The molecule has 10 nitrogen and oxygen atoms in total. The number of carbonyl (C=O) groups is 1. The van der Waals surface area contributed by atoms with E-state index in [9.17, 15) is 18.4 Å². The van der Waals surface area contributed by atoms with Crippen molar-refractivity contribution in [1.82, 2.24) is 15.6 Å². The molecule has 210 valence electrons. The first kappa shape index (κ1) is 28.7. The summed E-state index contributed by atoms with van der Waals surface area (Å²) in [5.41, 5.74) is 4.90. The summed E-state index contributed by atoms with van der Waals surface area (Å²) in [7, 11) is -4.08. The monoisotopic (exact) mass is 557 g/mol. The number of hydroxylamine groups is 1. The number of nitrogens with one attached hydrogen (secondary N) is 1. The van der Waals surface area contributed by atoms with Gasteiger partial charge in [-0.05, 0) is 74.4 Å². The van der Waals surface area contributed by atoms with Crippen molar-refractivity contribution in [2.24, 2.45) is 0 Å². The molecule has 0 atom stereocenters. The van der Waals surface area contributed by atoms with E-state index in [0.29, 0.717) is 36.9 Å². The molecule has 1 aromatic heterocycles. The van der Waals surface area contributed by atoms with Gasteiger partial charge in [-0.2, -0.15) is 4.98 Å². The van der Waals surface area contributed by atoms with Crippen molar-refractivity contribution in [3.8, 4) is 17.1 Å². The van der Waals surface area contributed by atoms with Gasteiger partial charge < -0.3 is 14.0 Å². The van der Waals surface area contributed by atoms with Crippen LogP contribution in [0.25, 0.3) is 11.4 Å². The molecule has 0 aliphatic carbocycles. The standard InChI is InChI=1S/C28H35N3O7S/c1-3-4-6-21-8-13-24(20(2)19-21)26-29-25(38-31-26)7-5-16-37-22-9-11-23(12-10-22)39(34,35)28(27(32)30-33)14-17-36-18-15-28/h8-13,19,33H,3-7,14-18H2,1-2H3,(H,30,32). The number of aryl methyl sites for hydroxylation is 3. The maximum Gasteiger partial charge on any atom is 0.265 e. The Bertz CT molecular complexity index is 1360. The fourth-order valence-electron chi connectivity index (χ4n) is 4.75. The molecule has 2 N–H and O–H groups in total. The molecule has 39 heavy (non-hydrogen) atoms. The summed E-state index contributed by atoms with van der Waals surface area (Å²) in [5.74, 6) is 0.633. The van der Waals surface area contributed by atoms with Crippen molar-refractivity contribution >= 4 is 15.7 Å². The Morgan fingerprint density at radius 3 is 2.51 bits per heavy atom. The average Bonchev–Trinajstić information content (AvgIpc) is 3.43. The number of benzene rings is 2. The summed E-state index contributed by atoms with van der Waals surface area (Å²) >= 11 is 0. The van der Waals surface area contributed by atoms with Crippen LogP contribution in [0.1, 0.15) is 56.0 Å².